The predicted molar refractivity (Wildman–Crippen MR) is 115 cm³/mol. The van der Waals surface area contributed by atoms with Crippen LogP contribution in [0.4, 0.5) is 5.82 Å². The molecule has 1 unspecified atom stereocenters. The van der Waals surface area contributed by atoms with Crippen molar-refractivity contribution in [2.75, 3.05) is 5.32 Å². The monoisotopic (exact) mass is 407 g/mol. The number of benzene rings is 1. The molecule has 2 aliphatic carbocycles. The normalized spacial score (nSPS) is 18.2. The Morgan fingerprint density at radius 2 is 2.03 bits per heavy atom. The molecule has 2 aromatic heterocycles. The van der Waals surface area contributed by atoms with E-state index in [1.165, 1.54) is 43.4 Å². The number of thioether (sulfide) groups is 1. The zero-order valence-corrected chi connectivity index (χ0v) is 17.1. The molecule has 0 saturated heterocycles. The Bertz CT molecular complexity index is 995. The topological polar surface area (TPSA) is 72.7 Å². The maximum atomic E-state index is 13.3. The van der Waals surface area contributed by atoms with Crippen molar-refractivity contribution in [2.45, 2.75) is 61.1 Å². The zero-order chi connectivity index (χ0) is 19.6. The highest BCUT2D eigenvalue weighted by Crippen LogP contribution is 2.42. The average Bonchev–Trinajstić information content (AvgIpc) is 3.22. The fraction of sp³-hybridized carbons (Fsp3) is 0.455. The Morgan fingerprint density at radius 1 is 1.17 bits per heavy atom. The molecule has 0 bridgehead atoms. The maximum Gasteiger partial charge on any atom is 0.250 e. The Morgan fingerprint density at radius 3 is 2.79 bits per heavy atom. The van der Waals surface area contributed by atoms with Crippen LogP contribution >= 0.6 is 11.8 Å². The molecular formula is C22H25N5OS. The third-order valence-electron chi connectivity index (χ3n) is 5.86. The summed E-state index contributed by atoms with van der Waals surface area (Å²) in [6, 6.07) is 5.98. The van der Waals surface area contributed by atoms with Gasteiger partial charge in [0.25, 0.3) is 0 Å². The van der Waals surface area contributed by atoms with E-state index in [0.29, 0.717) is 11.7 Å². The summed E-state index contributed by atoms with van der Waals surface area (Å²) >= 11 is 1.94. The highest BCUT2D eigenvalue weighted by molar-refractivity contribution is 8.00. The summed E-state index contributed by atoms with van der Waals surface area (Å²) < 4.78 is 1.93. The number of aromatic nitrogens is 4. The van der Waals surface area contributed by atoms with Crippen molar-refractivity contribution in [3.63, 3.8) is 0 Å². The quantitative estimate of drug-likeness (QED) is 0.607. The number of hydrogen-bond donors (Lipinski definition) is 1. The summed E-state index contributed by atoms with van der Waals surface area (Å²) in [4.78, 5) is 22.8. The van der Waals surface area contributed by atoms with Crippen LogP contribution in [0.3, 0.4) is 0 Å². The molecule has 5 rings (SSSR count). The summed E-state index contributed by atoms with van der Waals surface area (Å²) in [5.74, 6) is 0.980. The van der Waals surface area contributed by atoms with Gasteiger partial charge < -0.3 is 5.32 Å². The van der Waals surface area contributed by atoms with E-state index in [4.69, 9.17) is 5.10 Å². The second-order valence-corrected chi connectivity index (χ2v) is 9.42. The van der Waals surface area contributed by atoms with Crippen LogP contribution in [-0.4, -0.2) is 30.9 Å². The van der Waals surface area contributed by atoms with E-state index in [2.05, 4.69) is 33.5 Å². The van der Waals surface area contributed by atoms with Crippen molar-refractivity contribution < 1.29 is 4.79 Å². The summed E-state index contributed by atoms with van der Waals surface area (Å²) in [6.45, 7) is 0. The lowest BCUT2D eigenvalue weighted by Gasteiger charge is -2.21. The van der Waals surface area contributed by atoms with Crippen molar-refractivity contribution >= 4 is 34.4 Å². The van der Waals surface area contributed by atoms with Crippen molar-refractivity contribution in [3.05, 3.63) is 43.0 Å². The number of anilines is 1. The lowest BCUT2D eigenvalue weighted by molar-refractivity contribution is -0.120. The minimum atomic E-state index is -0.348. The van der Waals surface area contributed by atoms with Crippen LogP contribution in [0.15, 0.2) is 47.9 Å². The van der Waals surface area contributed by atoms with Crippen molar-refractivity contribution in [1.82, 2.24) is 19.7 Å². The van der Waals surface area contributed by atoms with Crippen LogP contribution in [-0.2, 0) is 4.79 Å². The zero-order valence-electron chi connectivity index (χ0n) is 16.3. The first kappa shape index (κ1) is 18.6. The van der Waals surface area contributed by atoms with Crippen molar-refractivity contribution in [2.24, 2.45) is 5.92 Å². The van der Waals surface area contributed by atoms with Gasteiger partial charge in [0.15, 0.2) is 5.82 Å². The molecule has 1 atom stereocenters. The van der Waals surface area contributed by atoms with Crippen LogP contribution in [0.2, 0.25) is 0 Å². The number of nitrogens with zero attached hydrogens (tertiary/aromatic N) is 4. The van der Waals surface area contributed by atoms with E-state index in [1.54, 1.807) is 18.6 Å². The van der Waals surface area contributed by atoms with Crippen LogP contribution in [0.1, 0.15) is 51.0 Å². The molecule has 29 heavy (non-hydrogen) atoms. The molecule has 2 saturated carbocycles. The van der Waals surface area contributed by atoms with Crippen molar-refractivity contribution in [1.29, 1.82) is 0 Å². The summed E-state index contributed by atoms with van der Waals surface area (Å²) in [5, 5.41) is 9.52. The molecule has 150 valence electrons. The molecule has 0 spiro atoms. The lowest BCUT2D eigenvalue weighted by Crippen LogP contribution is -2.28. The van der Waals surface area contributed by atoms with Gasteiger partial charge in [0.05, 0.1) is 17.9 Å². The SMILES string of the molecule is O=C(Nc1cnccn1)C(CC1CCCC1)n1ncc2c(SC3CC3)cccc21. The molecule has 6 nitrogen and oxygen atoms in total. The van der Waals surface area contributed by atoms with Gasteiger partial charge in [-0.3, -0.25) is 14.5 Å². The van der Waals surface area contributed by atoms with Crippen molar-refractivity contribution in [3.8, 4) is 0 Å². The number of nitrogens with one attached hydrogen (secondary N) is 1. The van der Waals surface area contributed by atoms with Crippen LogP contribution < -0.4 is 5.32 Å². The minimum Gasteiger partial charge on any atom is -0.308 e. The molecule has 1 aromatic carbocycles. The van der Waals surface area contributed by atoms with Gasteiger partial charge in [0.2, 0.25) is 5.91 Å². The third-order valence-corrected chi connectivity index (χ3v) is 7.28. The highest BCUT2D eigenvalue weighted by atomic mass is 32.2. The fourth-order valence-electron chi connectivity index (χ4n) is 4.21. The molecule has 2 fully saturated rings. The molecule has 1 N–H and O–H groups in total. The number of amides is 1. The smallest absolute Gasteiger partial charge is 0.250 e. The van der Waals surface area contributed by atoms with Gasteiger partial charge in [-0.15, -0.1) is 11.8 Å². The average molecular weight is 408 g/mol. The molecule has 1 amide bonds. The van der Waals surface area contributed by atoms with Crippen LogP contribution in [0.5, 0.6) is 0 Å². The summed E-state index contributed by atoms with van der Waals surface area (Å²) in [6.07, 6.45) is 15.0. The molecule has 0 radical (unpaired) electrons. The second kappa shape index (κ2) is 8.14. The van der Waals surface area contributed by atoms with Crippen LogP contribution in [0.25, 0.3) is 10.9 Å². The molecule has 7 heteroatoms. The number of rotatable bonds is 7. The Labute approximate surface area is 174 Å². The van der Waals surface area contributed by atoms with Crippen LogP contribution in [0, 0.1) is 5.92 Å². The highest BCUT2D eigenvalue weighted by Gasteiger charge is 2.29. The third kappa shape index (κ3) is 4.15. The Balaban J connectivity index is 1.47. The first-order valence-electron chi connectivity index (χ1n) is 10.5. The second-order valence-electron chi connectivity index (χ2n) is 8.08. The largest absolute Gasteiger partial charge is 0.308 e. The number of fused-ring (bicyclic) bond motifs is 1. The first-order chi connectivity index (χ1) is 14.3. The Hall–Kier alpha value is -2.41. The summed E-state index contributed by atoms with van der Waals surface area (Å²) in [5.41, 5.74) is 1.04. The van der Waals surface area contributed by atoms with E-state index in [-0.39, 0.29) is 11.9 Å². The maximum absolute atomic E-state index is 13.3. The van der Waals surface area contributed by atoms with Gasteiger partial charge in [-0.25, -0.2) is 4.98 Å². The summed E-state index contributed by atoms with van der Waals surface area (Å²) in [7, 11) is 0. The van der Waals surface area contributed by atoms with E-state index in [9.17, 15) is 4.79 Å². The van der Waals surface area contributed by atoms with E-state index in [0.717, 1.165) is 22.6 Å². The standard InChI is InChI=1S/C22H25N5OS/c28-22(26-21-14-23-10-11-24-21)19(12-15-4-1-2-5-15)27-18-6-3-7-20(17(18)13-25-27)29-16-8-9-16/h3,6-7,10-11,13-16,19H,1-2,4-5,8-9,12H2,(H,24,26,28). The van der Waals surface area contributed by atoms with Gasteiger partial charge in [0, 0.05) is 27.9 Å². The number of carbonyl (C=O) groups excluding carboxylic acids is 1. The molecule has 3 aromatic rings. The van der Waals surface area contributed by atoms with Gasteiger partial charge in [-0.2, -0.15) is 5.10 Å². The van der Waals surface area contributed by atoms with E-state index in [1.807, 2.05) is 22.6 Å². The van der Waals surface area contributed by atoms with Gasteiger partial charge >= 0.3 is 0 Å². The minimum absolute atomic E-state index is 0.0670. The molecular weight excluding hydrogens is 382 g/mol. The molecule has 0 aliphatic heterocycles. The Kier molecular flexibility index (Phi) is 5.23. The van der Waals surface area contributed by atoms with E-state index >= 15 is 0 Å². The number of hydrogen-bond acceptors (Lipinski definition) is 5. The fourth-order valence-corrected chi connectivity index (χ4v) is 5.39. The van der Waals surface area contributed by atoms with Gasteiger partial charge in [-0.1, -0.05) is 31.7 Å². The molecule has 2 heterocycles. The lowest BCUT2D eigenvalue weighted by atomic mass is 9.97. The van der Waals surface area contributed by atoms with E-state index < -0.39 is 0 Å². The van der Waals surface area contributed by atoms with Gasteiger partial charge in [-0.05, 0) is 37.3 Å². The predicted octanol–water partition coefficient (Wildman–Crippen LogP) is 4.84. The number of carbonyl (C=O) groups is 1. The van der Waals surface area contributed by atoms with Gasteiger partial charge in [0.1, 0.15) is 6.04 Å². The first-order valence-corrected chi connectivity index (χ1v) is 11.4. The molecule has 2 aliphatic rings.